The molecule has 0 fully saturated rings. The SMILES string of the molecule is O=C(O)CSCCSc1ccccc1F. The molecule has 0 saturated carbocycles. The molecule has 1 rings (SSSR count). The van der Waals surface area contributed by atoms with Gasteiger partial charge in [0.1, 0.15) is 5.82 Å². The van der Waals surface area contributed by atoms with Gasteiger partial charge in [0.05, 0.1) is 5.75 Å². The average Bonchev–Trinajstić information content (AvgIpc) is 2.20. The molecule has 0 aliphatic carbocycles. The van der Waals surface area contributed by atoms with Crippen LogP contribution in [0.4, 0.5) is 4.39 Å². The predicted octanol–water partition coefficient (Wildman–Crippen LogP) is 2.74. The summed E-state index contributed by atoms with van der Waals surface area (Å²) in [7, 11) is 0. The largest absolute Gasteiger partial charge is 0.481 e. The van der Waals surface area contributed by atoms with Crippen LogP contribution in [0.25, 0.3) is 0 Å². The van der Waals surface area contributed by atoms with Crippen LogP contribution in [0.2, 0.25) is 0 Å². The van der Waals surface area contributed by atoms with Gasteiger partial charge in [-0.05, 0) is 12.1 Å². The molecule has 0 aliphatic heterocycles. The van der Waals surface area contributed by atoms with Crippen LogP contribution in [0, 0.1) is 5.82 Å². The molecular weight excluding hydrogens is 235 g/mol. The van der Waals surface area contributed by atoms with Crippen molar-refractivity contribution in [1.82, 2.24) is 0 Å². The quantitative estimate of drug-likeness (QED) is 0.618. The second-order valence-electron chi connectivity index (χ2n) is 2.73. The third-order valence-corrected chi connectivity index (χ3v) is 3.80. The number of benzene rings is 1. The second-order valence-corrected chi connectivity index (χ2v) is 4.97. The van der Waals surface area contributed by atoms with Crippen molar-refractivity contribution in [2.75, 3.05) is 17.3 Å². The number of hydrogen-bond acceptors (Lipinski definition) is 3. The molecule has 0 spiro atoms. The Balaban J connectivity index is 2.21. The number of thioether (sulfide) groups is 2. The summed E-state index contributed by atoms with van der Waals surface area (Å²) < 4.78 is 13.1. The molecule has 5 heteroatoms. The summed E-state index contributed by atoms with van der Waals surface area (Å²) in [5, 5.41) is 8.39. The number of carboxylic acids is 1. The van der Waals surface area contributed by atoms with Gasteiger partial charge in [-0.3, -0.25) is 4.79 Å². The highest BCUT2D eigenvalue weighted by molar-refractivity contribution is 8.03. The first-order chi connectivity index (χ1) is 7.20. The lowest BCUT2D eigenvalue weighted by Gasteiger charge is -2.01. The van der Waals surface area contributed by atoms with E-state index in [9.17, 15) is 9.18 Å². The van der Waals surface area contributed by atoms with E-state index in [4.69, 9.17) is 5.11 Å². The van der Waals surface area contributed by atoms with Crippen LogP contribution in [-0.4, -0.2) is 28.3 Å². The Morgan fingerprint density at radius 1 is 1.33 bits per heavy atom. The van der Waals surface area contributed by atoms with Gasteiger partial charge in [-0.15, -0.1) is 23.5 Å². The minimum Gasteiger partial charge on any atom is -0.481 e. The minimum atomic E-state index is -0.809. The lowest BCUT2D eigenvalue weighted by Crippen LogP contribution is -1.99. The van der Waals surface area contributed by atoms with E-state index in [0.29, 0.717) is 10.6 Å². The van der Waals surface area contributed by atoms with Crippen LogP contribution in [-0.2, 0) is 4.79 Å². The van der Waals surface area contributed by atoms with Crippen molar-refractivity contribution in [3.05, 3.63) is 30.1 Å². The van der Waals surface area contributed by atoms with E-state index in [1.54, 1.807) is 18.2 Å². The molecule has 1 N–H and O–H groups in total. The first-order valence-electron chi connectivity index (χ1n) is 4.37. The van der Waals surface area contributed by atoms with Crippen LogP contribution >= 0.6 is 23.5 Å². The van der Waals surface area contributed by atoms with E-state index in [2.05, 4.69) is 0 Å². The Kier molecular flexibility index (Phi) is 5.57. The highest BCUT2D eigenvalue weighted by atomic mass is 32.2. The van der Waals surface area contributed by atoms with Crippen LogP contribution in [0.3, 0.4) is 0 Å². The Bertz CT molecular complexity index is 331. The van der Waals surface area contributed by atoms with E-state index in [1.807, 2.05) is 0 Å². The van der Waals surface area contributed by atoms with Gasteiger partial charge < -0.3 is 5.11 Å². The van der Waals surface area contributed by atoms with Crippen molar-refractivity contribution in [3.63, 3.8) is 0 Å². The van der Waals surface area contributed by atoms with E-state index in [0.717, 1.165) is 5.75 Å². The average molecular weight is 246 g/mol. The zero-order chi connectivity index (χ0) is 11.1. The lowest BCUT2D eigenvalue weighted by atomic mass is 10.3. The van der Waals surface area contributed by atoms with Crippen molar-refractivity contribution < 1.29 is 14.3 Å². The molecule has 0 unspecified atom stereocenters. The summed E-state index contributed by atoms with van der Waals surface area (Å²) >= 11 is 2.75. The lowest BCUT2D eigenvalue weighted by molar-refractivity contribution is -0.133. The van der Waals surface area contributed by atoms with Gasteiger partial charge in [-0.25, -0.2) is 4.39 Å². The van der Waals surface area contributed by atoms with Gasteiger partial charge >= 0.3 is 5.97 Å². The molecule has 0 atom stereocenters. The molecule has 1 aromatic carbocycles. The molecule has 0 bridgehead atoms. The van der Waals surface area contributed by atoms with Crippen LogP contribution in [0.1, 0.15) is 0 Å². The zero-order valence-electron chi connectivity index (χ0n) is 7.98. The molecule has 0 aromatic heterocycles. The highest BCUT2D eigenvalue weighted by Crippen LogP contribution is 2.21. The van der Waals surface area contributed by atoms with E-state index in [-0.39, 0.29) is 11.6 Å². The third-order valence-electron chi connectivity index (χ3n) is 1.55. The van der Waals surface area contributed by atoms with Crippen molar-refractivity contribution in [2.45, 2.75) is 4.90 Å². The molecule has 0 heterocycles. The number of carboxylic acid groups (broad SMARTS) is 1. The highest BCUT2D eigenvalue weighted by Gasteiger charge is 2.01. The first kappa shape index (κ1) is 12.4. The van der Waals surface area contributed by atoms with Gasteiger partial charge in [0.15, 0.2) is 0 Å². The standard InChI is InChI=1S/C10H11FO2S2/c11-8-3-1-2-4-9(8)15-6-5-14-7-10(12)13/h1-4H,5-7H2,(H,12,13). The monoisotopic (exact) mass is 246 g/mol. The maximum atomic E-state index is 13.1. The summed E-state index contributed by atoms with van der Waals surface area (Å²) in [6, 6.07) is 6.59. The fourth-order valence-electron chi connectivity index (χ4n) is 0.932. The maximum Gasteiger partial charge on any atom is 0.313 e. The van der Waals surface area contributed by atoms with E-state index >= 15 is 0 Å². The Labute approximate surface area is 96.3 Å². The molecule has 0 radical (unpaired) electrons. The Hall–Kier alpha value is -0.680. The van der Waals surface area contributed by atoms with Crippen molar-refractivity contribution >= 4 is 29.5 Å². The molecule has 82 valence electrons. The number of halogens is 1. The van der Waals surface area contributed by atoms with Crippen molar-refractivity contribution in [1.29, 1.82) is 0 Å². The number of hydrogen-bond donors (Lipinski definition) is 1. The predicted molar refractivity (Wildman–Crippen MR) is 62.1 cm³/mol. The minimum absolute atomic E-state index is 0.109. The van der Waals surface area contributed by atoms with Gasteiger partial charge in [0, 0.05) is 16.4 Å². The number of rotatable bonds is 6. The Morgan fingerprint density at radius 2 is 2.07 bits per heavy atom. The van der Waals surface area contributed by atoms with Gasteiger partial charge in [-0.2, -0.15) is 0 Å². The van der Waals surface area contributed by atoms with Gasteiger partial charge in [0.25, 0.3) is 0 Å². The van der Waals surface area contributed by atoms with Crippen molar-refractivity contribution in [2.24, 2.45) is 0 Å². The topological polar surface area (TPSA) is 37.3 Å². The fraction of sp³-hybridized carbons (Fsp3) is 0.300. The Morgan fingerprint density at radius 3 is 2.73 bits per heavy atom. The summed E-state index contributed by atoms with van der Waals surface area (Å²) in [6.07, 6.45) is 0. The van der Waals surface area contributed by atoms with E-state index in [1.165, 1.54) is 29.6 Å². The van der Waals surface area contributed by atoms with Crippen LogP contribution in [0.15, 0.2) is 29.2 Å². The van der Waals surface area contributed by atoms with Gasteiger partial charge in [-0.1, -0.05) is 12.1 Å². The fourth-order valence-corrected chi connectivity index (χ4v) is 2.66. The first-order valence-corrected chi connectivity index (χ1v) is 6.51. The molecule has 2 nitrogen and oxygen atoms in total. The molecule has 15 heavy (non-hydrogen) atoms. The molecule has 0 saturated heterocycles. The smallest absolute Gasteiger partial charge is 0.313 e. The molecular formula is C10H11FO2S2. The number of carbonyl (C=O) groups is 1. The summed E-state index contributed by atoms with van der Waals surface area (Å²) in [5.74, 6) is 0.517. The van der Waals surface area contributed by atoms with Crippen molar-refractivity contribution in [3.8, 4) is 0 Å². The van der Waals surface area contributed by atoms with Crippen LogP contribution < -0.4 is 0 Å². The van der Waals surface area contributed by atoms with Crippen LogP contribution in [0.5, 0.6) is 0 Å². The molecule has 1 aromatic rings. The normalized spacial score (nSPS) is 10.2. The third kappa shape index (κ3) is 5.09. The van der Waals surface area contributed by atoms with Gasteiger partial charge in [0.2, 0.25) is 0 Å². The summed E-state index contributed by atoms with van der Waals surface area (Å²) in [5.41, 5.74) is 0. The number of aliphatic carboxylic acids is 1. The second kappa shape index (κ2) is 6.74. The van der Waals surface area contributed by atoms with E-state index < -0.39 is 5.97 Å². The summed E-state index contributed by atoms with van der Waals surface area (Å²) in [6.45, 7) is 0. The summed E-state index contributed by atoms with van der Waals surface area (Å²) in [4.78, 5) is 10.8. The zero-order valence-corrected chi connectivity index (χ0v) is 9.61. The molecule has 0 amide bonds. The maximum absolute atomic E-state index is 13.1. The molecule has 0 aliphatic rings.